The summed E-state index contributed by atoms with van der Waals surface area (Å²) in [7, 11) is 0. The molecule has 0 saturated heterocycles. The first kappa shape index (κ1) is 16.6. The molecule has 0 fully saturated rings. The van der Waals surface area contributed by atoms with Crippen molar-refractivity contribution in [1.82, 2.24) is 4.90 Å². The second kappa shape index (κ2) is 8.64. The molecule has 0 heterocycles. The fourth-order valence-corrected chi connectivity index (χ4v) is 2.80. The minimum absolute atomic E-state index is 0.886. The Morgan fingerprint density at radius 1 is 1.05 bits per heavy atom. The molecule has 3 nitrogen and oxygen atoms in total. The van der Waals surface area contributed by atoms with Gasteiger partial charge in [-0.3, -0.25) is 0 Å². The van der Waals surface area contributed by atoms with Crippen LogP contribution in [0, 0.1) is 3.57 Å². The zero-order valence-corrected chi connectivity index (χ0v) is 14.5. The third kappa shape index (κ3) is 5.18. The van der Waals surface area contributed by atoms with Gasteiger partial charge in [0.05, 0.1) is 11.4 Å². The smallest absolute Gasteiger partial charge is 0.0600 e. The molecule has 19 heavy (non-hydrogen) atoms. The molecule has 0 atom stereocenters. The Kier molecular flexibility index (Phi) is 7.53. The van der Waals surface area contributed by atoms with Crippen molar-refractivity contribution in [2.45, 2.75) is 27.2 Å². The van der Waals surface area contributed by atoms with Gasteiger partial charge in [-0.15, -0.1) is 0 Å². The summed E-state index contributed by atoms with van der Waals surface area (Å²) >= 11 is 2.30. The molecule has 0 aliphatic carbocycles. The minimum atomic E-state index is 0.886. The summed E-state index contributed by atoms with van der Waals surface area (Å²) in [6, 6.07) is 6.31. The Bertz CT molecular complexity index is 378. The molecule has 108 valence electrons. The summed E-state index contributed by atoms with van der Waals surface area (Å²) in [5, 5.41) is 0. The lowest BCUT2D eigenvalue weighted by molar-refractivity contribution is 0.301. The van der Waals surface area contributed by atoms with Crippen LogP contribution in [0.15, 0.2) is 18.2 Å². The second-order valence-electron chi connectivity index (χ2n) is 4.66. The van der Waals surface area contributed by atoms with Crippen molar-refractivity contribution < 1.29 is 0 Å². The third-order valence-corrected chi connectivity index (χ3v) is 4.18. The Morgan fingerprint density at radius 3 is 2.26 bits per heavy atom. The standard InChI is InChI=1S/C15H26IN3/c1-4-18(5-2)10-7-11-19(6-3)15-9-8-13(16)12-14(15)17/h8-9,12H,4-7,10-11,17H2,1-3H3. The number of hydrogen-bond donors (Lipinski definition) is 1. The van der Waals surface area contributed by atoms with E-state index in [0.29, 0.717) is 0 Å². The fourth-order valence-electron chi connectivity index (χ4n) is 2.29. The van der Waals surface area contributed by atoms with Gasteiger partial charge >= 0.3 is 0 Å². The van der Waals surface area contributed by atoms with E-state index in [1.54, 1.807) is 0 Å². The van der Waals surface area contributed by atoms with Gasteiger partial charge in [-0.05, 0) is 73.8 Å². The van der Waals surface area contributed by atoms with E-state index in [4.69, 9.17) is 5.73 Å². The molecule has 0 aliphatic rings. The molecule has 1 rings (SSSR count). The lowest BCUT2D eigenvalue weighted by Crippen LogP contribution is -2.30. The molecule has 0 radical (unpaired) electrons. The molecule has 0 amide bonds. The van der Waals surface area contributed by atoms with E-state index in [0.717, 1.165) is 38.4 Å². The van der Waals surface area contributed by atoms with E-state index in [1.165, 1.54) is 15.7 Å². The van der Waals surface area contributed by atoms with E-state index in [2.05, 4.69) is 65.3 Å². The lowest BCUT2D eigenvalue weighted by atomic mass is 10.2. The van der Waals surface area contributed by atoms with Crippen molar-refractivity contribution in [2.24, 2.45) is 0 Å². The van der Waals surface area contributed by atoms with Crippen LogP contribution in [0.5, 0.6) is 0 Å². The highest BCUT2D eigenvalue weighted by molar-refractivity contribution is 14.1. The average molecular weight is 375 g/mol. The summed E-state index contributed by atoms with van der Waals surface area (Å²) in [5.74, 6) is 0. The molecule has 1 aromatic rings. The highest BCUT2D eigenvalue weighted by Gasteiger charge is 2.08. The number of anilines is 2. The molecular weight excluding hydrogens is 349 g/mol. The van der Waals surface area contributed by atoms with Gasteiger partial charge < -0.3 is 15.5 Å². The summed E-state index contributed by atoms with van der Waals surface area (Å²) in [4.78, 5) is 4.83. The van der Waals surface area contributed by atoms with E-state index >= 15 is 0 Å². The van der Waals surface area contributed by atoms with Crippen molar-refractivity contribution in [1.29, 1.82) is 0 Å². The van der Waals surface area contributed by atoms with Crippen LogP contribution in [0.4, 0.5) is 11.4 Å². The number of nitrogens with two attached hydrogens (primary N) is 1. The van der Waals surface area contributed by atoms with Gasteiger partial charge in [-0.1, -0.05) is 13.8 Å². The van der Waals surface area contributed by atoms with Crippen LogP contribution < -0.4 is 10.6 Å². The normalized spacial score (nSPS) is 11.0. The molecule has 0 saturated carbocycles. The maximum atomic E-state index is 6.12. The van der Waals surface area contributed by atoms with Crippen molar-refractivity contribution >= 4 is 34.0 Å². The van der Waals surface area contributed by atoms with Crippen molar-refractivity contribution in [2.75, 3.05) is 43.4 Å². The maximum absolute atomic E-state index is 6.12. The average Bonchev–Trinajstić information content (AvgIpc) is 2.40. The number of benzene rings is 1. The van der Waals surface area contributed by atoms with Gasteiger partial charge in [0.25, 0.3) is 0 Å². The first-order chi connectivity index (χ1) is 9.12. The van der Waals surface area contributed by atoms with Gasteiger partial charge in [0, 0.05) is 16.7 Å². The van der Waals surface area contributed by atoms with Crippen LogP contribution >= 0.6 is 22.6 Å². The van der Waals surface area contributed by atoms with E-state index in [1.807, 2.05) is 6.07 Å². The number of rotatable bonds is 8. The quantitative estimate of drug-likeness (QED) is 0.558. The monoisotopic (exact) mass is 375 g/mol. The minimum Gasteiger partial charge on any atom is -0.397 e. The zero-order valence-electron chi connectivity index (χ0n) is 12.3. The lowest BCUT2D eigenvalue weighted by Gasteiger charge is -2.26. The number of nitrogen functional groups attached to an aromatic ring is 1. The first-order valence-electron chi connectivity index (χ1n) is 7.14. The van der Waals surface area contributed by atoms with E-state index in [-0.39, 0.29) is 0 Å². The molecule has 4 heteroatoms. The summed E-state index contributed by atoms with van der Waals surface area (Å²) < 4.78 is 1.19. The fraction of sp³-hybridized carbons (Fsp3) is 0.600. The topological polar surface area (TPSA) is 32.5 Å². The summed E-state index contributed by atoms with van der Waals surface area (Å²) in [6.45, 7) is 12.1. The number of hydrogen-bond acceptors (Lipinski definition) is 3. The predicted octanol–water partition coefficient (Wildman–Crippen LogP) is 3.43. The number of nitrogens with zero attached hydrogens (tertiary/aromatic N) is 2. The van der Waals surface area contributed by atoms with Crippen LogP contribution in [0.25, 0.3) is 0 Å². The van der Waals surface area contributed by atoms with Crippen molar-refractivity contribution in [3.05, 3.63) is 21.8 Å². The highest BCUT2D eigenvalue weighted by atomic mass is 127. The molecular formula is C15H26IN3. The molecule has 0 bridgehead atoms. The molecule has 0 spiro atoms. The predicted molar refractivity (Wildman–Crippen MR) is 93.9 cm³/mol. The highest BCUT2D eigenvalue weighted by Crippen LogP contribution is 2.25. The molecule has 2 N–H and O–H groups in total. The Morgan fingerprint density at radius 2 is 1.74 bits per heavy atom. The molecule has 1 aromatic carbocycles. The second-order valence-corrected chi connectivity index (χ2v) is 5.91. The SMILES string of the molecule is CCN(CC)CCCN(CC)c1ccc(I)cc1N. The van der Waals surface area contributed by atoms with Gasteiger partial charge in [0.2, 0.25) is 0 Å². The van der Waals surface area contributed by atoms with Gasteiger partial charge in [0.15, 0.2) is 0 Å². The molecule has 0 aliphatic heterocycles. The summed E-state index contributed by atoms with van der Waals surface area (Å²) in [6.07, 6.45) is 1.18. The Hall–Kier alpha value is -0.490. The number of halogens is 1. The molecule has 0 unspecified atom stereocenters. The molecule has 0 aromatic heterocycles. The van der Waals surface area contributed by atoms with Crippen LogP contribution in [0.1, 0.15) is 27.2 Å². The van der Waals surface area contributed by atoms with Gasteiger partial charge in [-0.25, -0.2) is 0 Å². The van der Waals surface area contributed by atoms with Gasteiger partial charge in [0.1, 0.15) is 0 Å². The first-order valence-corrected chi connectivity index (χ1v) is 8.22. The van der Waals surface area contributed by atoms with Crippen molar-refractivity contribution in [3.63, 3.8) is 0 Å². The summed E-state index contributed by atoms with van der Waals surface area (Å²) in [5.41, 5.74) is 8.18. The van der Waals surface area contributed by atoms with E-state index < -0.39 is 0 Å². The van der Waals surface area contributed by atoms with Crippen LogP contribution in [-0.4, -0.2) is 37.6 Å². The Labute approximate surface area is 131 Å². The van der Waals surface area contributed by atoms with Crippen LogP contribution in [-0.2, 0) is 0 Å². The third-order valence-electron chi connectivity index (χ3n) is 3.51. The van der Waals surface area contributed by atoms with Crippen molar-refractivity contribution in [3.8, 4) is 0 Å². The largest absolute Gasteiger partial charge is 0.397 e. The van der Waals surface area contributed by atoms with Crippen LogP contribution in [0.2, 0.25) is 0 Å². The van der Waals surface area contributed by atoms with Crippen LogP contribution in [0.3, 0.4) is 0 Å². The zero-order chi connectivity index (χ0) is 14.3. The van der Waals surface area contributed by atoms with E-state index in [9.17, 15) is 0 Å². The Balaban J connectivity index is 2.58. The van der Waals surface area contributed by atoms with Gasteiger partial charge in [-0.2, -0.15) is 0 Å². The maximum Gasteiger partial charge on any atom is 0.0600 e.